The summed E-state index contributed by atoms with van der Waals surface area (Å²) in [5.41, 5.74) is 7.89. The van der Waals surface area contributed by atoms with Crippen LogP contribution in [-0.4, -0.2) is 30.4 Å². The maximum atomic E-state index is 6.52. The molecular weight excluding hydrogens is 246 g/mol. The van der Waals surface area contributed by atoms with E-state index in [1.165, 1.54) is 0 Å². The Morgan fingerprint density at radius 2 is 2.22 bits per heavy atom. The van der Waals surface area contributed by atoms with Gasteiger partial charge in [-0.25, -0.2) is 0 Å². The predicted octanol–water partition coefficient (Wildman–Crippen LogP) is 2.56. The van der Waals surface area contributed by atoms with Crippen molar-refractivity contribution in [2.75, 3.05) is 19.6 Å². The maximum Gasteiger partial charge on any atom is 0.124 e. The molecule has 1 heterocycles. The van der Waals surface area contributed by atoms with Gasteiger partial charge in [-0.05, 0) is 31.9 Å². The minimum atomic E-state index is -0.629. The Labute approximate surface area is 114 Å². The molecule has 1 aromatic carbocycles. The number of hydrogen-bond donors (Lipinski definition) is 1. The normalized spacial score (nSPS) is 18.7. The number of aryl methyl sites for hydroxylation is 1. The summed E-state index contributed by atoms with van der Waals surface area (Å²) >= 11 is 6.39. The second-order valence-electron chi connectivity index (χ2n) is 4.92. The van der Waals surface area contributed by atoms with Crippen molar-refractivity contribution in [1.29, 1.82) is 0 Å². The third kappa shape index (κ3) is 2.13. The molecule has 18 heavy (non-hydrogen) atoms. The summed E-state index contributed by atoms with van der Waals surface area (Å²) in [6, 6.07) is 5.98. The van der Waals surface area contributed by atoms with Gasteiger partial charge in [0.15, 0.2) is 0 Å². The maximum absolute atomic E-state index is 6.52. The van der Waals surface area contributed by atoms with Crippen molar-refractivity contribution in [2.45, 2.75) is 26.3 Å². The van der Waals surface area contributed by atoms with Gasteiger partial charge in [0.1, 0.15) is 5.84 Å². The Morgan fingerprint density at radius 3 is 2.89 bits per heavy atom. The van der Waals surface area contributed by atoms with Crippen LogP contribution in [0.2, 0.25) is 5.02 Å². The molecular formula is C14H20ClN3. The van der Waals surface area contributed by atoms with Gasteiger partial charge in [0, 0.05) is 18.1 Å². The van der Waals surface area contributed by atoms with Crippen LogP contribution < -0.4 is 5.73 Å². The predicted molar refractivity (Wildman–Crippen MR) is 77.3 cm³/mol. The molecule has 3 nitrogen and oxygen atoms in total. The minimum Gasteiger partial charge on any atom is -0.357 e. The van der Waals surface area contributed by atoms with Gasteiger partial charge in [0.25, 0.3) is 0 Å². The largest absolute Gasteiger partial charge is 0.357 e. The van der Waals surface area contributed by atoms with E-state index in [-0.39, 0.29) is 0 Å². The quantitative estimate of drug-likeness (QED) is 0.913. The molecule has 0 aromatic heterocycles. The summed E-state index contributed by atoms with van der Waals surface area (Å²) in [6.07, 6.45) is 0. The number of nitrogens with two attached hydrogens (primary N) is 1. The fourth-order valence-electron chi connectivity index (χ4n) is 2.45. The monoisotopic (exact) mass is 265 g/mol. The molecule has 0 fully saturated rings. The number of nitrogens with zero attached hydrogens (tertiary/aromatic N) is 2. The summed E-state index contributed by atoms with van der Waals surface area (Å²) in [6.45, 7) is 8.79. The first-order valence-electron chi connectivity index (χ1n) is 6.32. The second kappa shape index (κ2) is 4.90. The van der Waals surface area contributed by atoms with Gasteiger partial charge in [-0.15, -0.1) is 0 Å². The average Bonchev–Trinajstić information content (AvgIpc) is 2.81. The molecule has 0 amide bonds. The van der Waals surface area contributed by atoms with E-state index in [0.717, 1.165) is 41.6 Å². The molecule has 0 aliphatic carbocycles. The standard InChI is InChI=1S/C14H20ClN3/c1-4-18-9-8-17-13(18)14(3,16)11-7-5-6-10(2)12(11)15/h5-7H,4,8-9,16H2,1-3H3. The van der Waals surface area contributed by atoms with Crippen LogP contribution in [-0.2, 0) is 5.54 Å². The summed E-state index contributed by atoms with van der Waals surface area (Å²) in [5.74, 6) is 0.942. The van der Waals surface area contributed by atoms with Gasteiger partial charge in [-0.3, -0.25) is 4.99 Å². The van der Waals surface area contributed by atoms with Gasteiger partial charge in [-0.2, -0.15) is 0 Å². The first kappa shape index (κ1) is 13.4. The lowest BCUT2D eigenvalue weighted by Gasteiger charge is -2.32. The van der Waals surface area contributed by atoms with E-state index in [0.29, 0.717) is 0 Å². The summed E-state index contributed by atoms with van der Waals surface area (Å²) in [5, 5.41) is 0.744. The van der Waals surface area contributed by atoms with Crippen molar-refractivity contribution in [3.8, 4) is 0 Å². The van der Waals surface area contributed by atoms with Gasteiger partial charge >= 0.3 is 0 Å². The third-order valence-corrected chi connectivity index (χ3v) is 4.03. The van der Waals surface area contributed by atoms with Crippen LogP contribution in [0.5, 0.6) is 0 Å². The van der Waals surface area contributed by atoms with E-state index in [4.69, 9.17) is 17.3 Å². The number of amidine groups is 1. The molecule has 2 N–H and O–H groups in total. The van der Waals surface area contributed by atoms with Gasteiger partial charge < -0.3 is 10.6 Å². The zero-order valence-electron chi connectivity index (χ0n) is 11.2. The molecule has 4 heteroatoms. The topological polar surface area (TPSA) is 41.6 Å². The molecule has 1 aliphatic heterocycles. The Kier molecular flexibility index (Phi) is 3.64. The highest BCUT2D eigenvalue weighted by Crippen LogP contribution is 2.31. The second-order valence-corrected chi connectivity index (χ2v) is 5.30. The fraction of sp³-hybridized carbons (Fsp3) is 0.500. The lowest BCUT2D eigenvalue weighted by Crippen LogP contribution is -2.49. The summed E-state index contributed by atoms with van der Waals surface area (Å²) in [4.78, 5) is 6.79. The minimum absolute atomic E-state index is 0.629. The Bertz CT molecular complexity index is 480. The van der Waals surface area contributed by atoms with E-state index < -0.39 is 5.54 Å². The molecule has 0 spiro atoms. The Hall–Kier alpha value is -1.06. The van der Waals surface area contributed by atoms with Crippen LogP contribution in [0.1, 0.15) is 25.0 Å². The van der Waals surface area contributed by atoms with Crippen molar-refractivity contribution in [1.82, 2.24) is 4.90 Å². The van der Waals surface area contributed by atoms with Gasteiger partial charge in [0.2, 0.25) is 0 Å². The highest BCUT2D eigenvalue weighted by atomic mass is 35.5. The average molecular weight is 266 g/mol. The van der Waals surface area contributed by atoms with Crippen molar-refractivity contribution in [3.63, 3.8) is 0 Å². The number of halogens is 1. The smallest absolute Gasteiger partial charge is 0.124 e. The number of rotatable bonds is 3. The SMILES string of the molecule is CCN1CCN=C1C(C)(N)c1cccc(C)c1Cl. The molecule has 98 valence electrons. The highest BCUT2D eigenvalue weighted by Gasteiger charge is 2.35. The van der Waals surface area contributed by atoms with Gasteiger partial charge in [0.05, 0.1) is 12.1 Å². The molecule has 2 rings (SSSR count). The van der Waals surface area contributed by atoms with Crippen LogP contribution in [0.3, 0.4) is 0 Å². The highest BCUT2D eigenvalue weighted by molar-refractivity contribution is 6.32. The van der Waals surface area contributed by atoms with Crippen molar-refractivity contribution >= 4 is 17.4 Å². The lowest BCUT2D eigenvalue weighted by atomic mass is 9.90. The van der Waals surface area contributed by atoms with Crippen molar-refractivity contribution < 1.29 is 0 Å². The molecule has 0 saturated carbocycles. The van der Waals surface area contributed by atoms with Crippen LogP contribution >= 0.6 is 11.6 Å². The van der Waals surface area contributed by atoms with Crippen molar-refractivity contribution in [3.05, 3.63) is 34.3 Å². The Morgan fingerprint density at radius 1 is 1.50 bits per heavy atom. The van der Waals surface area contributed by atoms with E-state index >= 15 is 0 Å². The van der Waals surface area contributed by atoms with E-state index in [1.54, 1.807) is 0 Å². The number of benzene rings is 1. The van der Waals surface area contributed by atoms with Crippen LogP contribution in [0.15, 0.2) is 23.2 Å². The first-order chi connectivity index (χ1) is 8.48. The van der Waals surface area contributed by atoms with E-state index in [2.05, 4.69) is 16.8 Å². The number of likely N-dealkylation sites (N-methyl/N-ethyl adjacent to an activating group) is 1. The van der Waals surface area contributed by atoms with Crippen LogP contribution in [0.25, 0.3) is 0 Å². The summed E-state index contributed by atoms with van der Waals surface area (Å²) in [7, 11) is 0. The molecule has 1 atom stereocenters. The van der Waals surface area contributed by atoms with E-state index in [9.17, 15) is 0 Å². The molecule has 1 unspecified atom stereocenters. The van der Waals surface area contributed by atoms with E-state index in [1.807, 2.05) is 32.0 Å². The molecule has 1 aliphatic rings. The third-order valence-electron chi connectivity index (χ3n) is 3.53. The van der Waals surface area contributed by atoms with Crippen LogP contribution in [0, 0.1) is 6.92 Å². The summed E-state index contributed by atoms with van der Waals surface area (Å²) < 4.78 is 0. The number of hydrogen-bond acceptors (Lipinski definition) is 3. The van der Waals surface area contributed by atoms with Gasteiger partial charge in [-0.1, -0.05) is 29.8 Å². The Balaban J connectivity index is 2.45. The van der Waals surface area contributed by atoms with Crippen molar-refractivity contribution in [2.24, 2.45) is 10.7 Å². The molecule has 1 aromatic rings. The number of aliphatic imine (C=N–C) groups is 1. The fourth-order valence-corrected chi connectivity index (χ4v) is 2.77. The molecule has 0 bridgehead atoms. The first-order valence-corrected chi connectivity index (χ1v) is 6.70. The van der Waals surface area contributed by atoms with Crippen LogP contribution in [0.4, 0.5) is 0 Å². The zero-order chi connectivity index (χ0) is 13.3. The zero-order valence-corrected chi connectivity index (χ0v) is 12.0. The molecule has 0 radical (unpaired) electrons. The lowest BCUT2D eigenvalue weighted by molar-refractivity contribution is 0.443. The molecule has 0 saturated heterocycles.